The summed E-state index contributed by atoms with van der Waals surface area (Å²) >= 11 is 0. The fourth-order valence-electron chi connectivity index (χ4n) is 4.75. The molecule has 1 fully saturated rings. The van der Waals surface area contributed by atoms with Crippen LogP contribution in [0.4, 0.5) is 0 Å². The number of amides is 1. The third-order valence-corrected chi connectivity index (χ3v) is 8.45. The summed E-state index contributed by atoms with van der Waals surface area (Å²) in [5.74, 6) is 0.787. The second-order valence-electron chi connectivity index (χ2n) is 9.09. The Morgan fingerprint density at radius 3 is 2.59 bits per heavy atom. The minimum atomic E-state index is -3.50. The molecule has 34 heavy (non-hydrogen) atoms. The number of hydrogen-bond donors (Lipinski definition) is 1. The maximum Gasteiger partial charge on any atom is 0.243 e. The molecule has 0 bridgehead atoms. The molecule has 0 aliphatic carbocycles. The topological polar surface area (TPSA) is 84.3 Å². The molecule has 0 spiro atoms. The molecule has 4 rings (SSSR count). The first-order valence-corrected chi connectivity index (χ1v) is 13.6. The molecule has 7 nitrogen and oxygen atoms in total. The third kappa shape index (κ3) is 5.03. The van der Waals surface area contributed by atoms with Crippen LogP contribution in [0.15, 0.2) is 47.4 Å². The third-order valence-electron chi connectivity index (χ3n) is 6.56. The van der Waals surface area contributed by atoms with Gasteiger partial charge in [0.05, 0.1) is 22.0 Å². The monoisotopic (exact) mass is 482 g/mol. The summed E-state index contributed by atoms with van der Waals surface area (Å²) in [6, 6.07) is 13.2. The summed E-state index contributed by atoms with van der Waals surface area (Å²) in [6.07, 6.45) is 3.54. The number of fused-ring (bicyclic) bond motifs is 1. The van der Waals surface area contributed by atoms with E-state index in [4.69, 9.17) is 4.98 Å². The van der Waals surface area contributed by atoms with Crippen molar-refractivity contribution in [2.75, 3.05) is 13.1 Å². The molecule has 1 atom stereocenters. The van der Waals surface area contributed by atoms with Crippen LogP contribution in [0.2, 0.25) is 0 Å². The molecule has 3 aromatic rings. The largest absolute Gasteiger partial charge is 0.350 e. The van der Waals surface area contributed by atoms with E-state index in [1.54, 1.807) is 16.4 Å². The summed E-state index contributed by atoms with van der Waals surface area (Å²) in [7, 11) is -3.50. The standard InChI is InChI=1S/C26H34N4O3S/c1-4-15-30-24-12-11-21(34(32,33)29-16-7-8-17-29)18-23(24)28-25(30)13-14-26(31)27-20(3)22-10-6-5-9-19(22)2/h5-6,9-12,18,20H,4,7-8,13-17H2,1-3H3,(H,27,31). The SMILES string of the molecule is CCCn1c(CCC(=O)NC(C)c2ccccc2C)nc2cc(S(=O)(=O)N3CCCC3)ccc21. The lowest BCUT2D eigenvalue weighted by molar-refractivity contribution is -0.121. The zero-order chi connectivity index (χ0) is 24.3. The van der Waals surface area contributed by atoms with Crippen LogP contribution >= 0.6 is 0 Å². The Kier molecular flexibility index (Phi) is 7.38. The highest BCUT2D eigenvalue weighted by atomic mass is 32.2. The van der Waals surface area contributed by atoms with Crippen LogP contribution in [0.3, 0.4) is 0 Å². The molecule has 0 saturated carbocycles. The number of imidazole rings is 1. The van der Waals surface area contributed by atoms with Crippen molar-refractivity contribution in [2.45, 2.75) is 70.4 Å². The molecule has 1 unspecified atom stereocenters. The first kappa shape index (κ1) is 24.4. The normalized spacial score (nSPS) is 15.6. The average Bonchev–Trinajstić information content (AvgIpc) is 3.47. The molecule has 1 aliphatic heterocycles. The zero-order valence-corrected chi connectivity index (χ0v) is 21.1. The molecule has 2 heterocycles. The number of carbonyl (C=O) groups excluding carboxylic acids is 1. The van der Waals surface area contributed by atoms with Gasteiger partial charge in [0.25, 0.3) is 0 Å². The lowest BCUT2D eigenvalue weighted by Crippen LogP contribution is -2.27. The first-order valence-electron chi connectivity index (χ1n) is 12.2. The van der Waals surface area contributed by atoms with E-state index in [0.717, 1.165) is 48.3 Å². The summed E-state index contributed by atoms with van der Waals surface area (Å²) in [5.41, 5.74) is 3.84. The van der Waals surface area contributed by atoms with Crippen molar-refractivity contribution in [1.29, 1.82) is 0 Å². The number of carbonyl (C=O) groups is 1. The fraction of sp³-hybridized carbons (Fsp3) is 0.462. The number of aromatic nitrogens is 2. The minimum absolute atomic E-state index is 0.0249. The van der Waals surface area contributed by atoms with Crippen LogP contribution in [0, 0.1) is 6.92 Å². The van der Waals surface area contributed by atoms with Crippen molar-refractivity contribution in [1.82, 2.24) is 19.2 Å². The van der Waals surface area contributed by atoms with Crippen molar-refractivity contribution < 1.29 is 13.2 Å². The fourth-order valence-corrected chi connectivity index (χ4v) is 6.29. The maximum atomic E-state index is 13.0. The molecule has 0 radical (unpaired) electrons. The molecule has 8 heteroatoms. The van der Waals surface area contributed by atoms with Crippen LogP contribution < -0.4 is 5.32 Å². The van der Waals surface area contributed by atoms with Crippen LogP contribution in [0.25, 0.3) is 11.0 Å². The van der Waals surface area contributed by atoms with Gasteiger partial charge in [-0.1, -0.05) is 31.2 Å². The van der Waals surface area contributed by atoms with E-state index in [2.05, 4.69) is 16.8 Å². The van der Waals surface area contributed by atoms with Gasteiger partial charge in [-0.25, -0.2) is 13.4 Å². The highest BCUT2D eigenvalue weighted by molar-refractivity contribution is 7.89. The Labute approximate surface area is 202 Å². The summed E-state index contributed by atoms with van der Waals surface area (Å²) in [6.45, 7) is 8.06. The summed E-state index contributed by atoms with van der Waals surface area (Å²) in [4.78, 5) is 17.7. The number of hydrogen-bond acceptors (Lipinski definition) is 4. The molecule has 1 amide bonds. The van der Waals surface area contributed by atoms with Gasteiger partial charge >= 0.3 is 0 Å². The van der Waals surface area contributed by atoms with Gasteiger partial charge in [-0.3, -0.25) is 4.79 Å². The average molecular weight is 483 g/mol. The quantitative estimate of drug-likeness (QED) is 0.491. The highest BCUT2D eigenvalue weighted by Gasteiger charge is 2.28. The first-order chi connectivity index (χ1) is 16.3. The molecule has 2 aromatic carbocycles. The van der Waals surface area contributed by atoms with E-state index in [1.165, 1.54) is 0 Å². The van der Waals surface area contributed by atoms with Gasteiger partial charge in [0, 0.05) is 32.5 Å². The molecule has 1 saturated heterocycles. The lowest BCUT2D eigenvalue weighted by atomic mass is 10.0. The molecular weight excluding hydrogens is 448 g/mol. The number of aryl methyl sites for hydroxylation is 3. The number of nitrogens with zero attached hydrogens (tertiary/aromatic N) is 3. The Hall–Kier alpha value is -2.71. The van der Waals surface area contributed by atoms with Gasteiger partial charge in [0.2, 0.25) is 15.9 Å². The second kappa shape index (κ2) is 10.3. The number of nitrogens with one attached hydrogen (secondary N) is 1. The van der Waals surface area contributed by atoms with Gasteiger partial charge in [0.15, 0.2) is 0 Å². The molecule has 1 N–H and O–H groups in total. The second-order valence-corrected chi connectivity index (χ2v) is 11.0. The highest BCUT2D eigenvalue weighted by Crippen LogP contribution is 2.26. The van der Waals surface area contributed by atoms with E-state index in [1.807, 2.05) is 44.2 Å². The van der Waals surface area contributed by atoms with Gasteiger partial charge in [-0.05, 0) is 62.4 Å². The lowest BCUT2D eigenvalue weighted by Gasteiger charge is -2.16. The predicted molar refractivity (Wildman–Crippen MR) is 134 cm³/mol. The number of sulfonamides is 1. The van der Waals surface area contributed by atoms with Gasteiger partial charge in [-0.15, -0.1) is 0 Å². The van der Waals surface area contributed by atoms with Crippen LogP contribution in [-0.2, 0) is 27.8 Å². The number of rotatable bonds is 9. The van der Waals surface area contributed by atoms with E-state index >= 15 is 0 Å². The van der Waals surface area contributed by atoms with E-state index in [9.17, 15) is 13.2 Å². The predicted octanol–water partition coefficient (Wildman–Crippen LogP) is 4.35. The van der Waals surface area contributed by atoms with E-state index < -0.39 is 10.0 Å². The minimum Gasteiger partial charge on any atom is -0.350 e. The van der Waals surface area contributed by atoms with Crippen molar-refractivity contribution in [3.63, 3.8) is 0 Å². The van der Waals surface area contributed by atoms with Crippen molar-refractivity contribution in [2.24, 2.45) is 0 Å². The Morgan fingerprint density at radius 1 is 1.15 bits per heavy atom. The molecule has 1 aliphatic rings. The van der Waals surface area contributed by atoms with Crippen molar-refractivity contribution >= 4 is 27.0 Å². The van der Waals surface area contributed by atoms with E-state index in [0.29, 0.717) is 36.3 Å². The van der Waals surface area contributed by atoms with Crippen LogP contribution in [0.5, 0.6) is 0 Å². The van der Waals surface area contributed by atoms with Crippen LogP contribution in [-0.4, -0.2) is 41.3 Å². The van der Waals surface area contributed by atoms with Gasteiger partial charge in [0.1, 0.15) is 5.82 Å². The van der Waals surface area contributed by atoms with E-state index in [-0.39, 0.29) is 11.9 Å². The Morgan fingerprint density at radius 2 is 1.88 bits per heavy atom. The van der Waals surface area contributed by atoms with Crippen molar-refractivity contribution in [3.8, 4) is 0 Å². The molecule has 1 aromatic heterocycles. The maximum absolute atomic E-state index is 13.0. The summed E-state index contributed by atoms with van der Waals surface area (Å²) < 4.78 is 29.6. The number of benzene rings is 2. The Bertz CT molecular complexity index is 1280. The zero-order valence-electron chi connectivity index (χ0n) is 20.3. The Balaban J connectivity index is 1.51. The van der Waals surface area contributed by atoms with Crippen molar-refractivity contribution in [3.05, 3.63) is 59.4 Å². The van der Waals surface area contributed by atoms with Crippen LogP contribution in [0.1, 0.15) is 62.5 Å². The summed E-state index contributed by atoms with van der Waals surface area (Å²) in [5, 5.41) is 3.09. The smallest absolute Gasteiger partial charge is 0.243 e. The molecule has 182 valence electrons. The van der Waals surface area contributed by atoms with Gasteiger partial charge < -0.3 is 9.88 Å². The van der Waals surface area contributed by atoms with Gasteiger partial charge in [-0.2, -0.15) is 4.31 Å². The molecular formula is C26H34N4O3S.